The van der Waals surface area contributed by atoms with Crippen molar-refractivity contribution in [1.29, 1.82) is 0 Å². The lowest BCUT2D eigenvalue weighted by atomic mass is 9.76. The summed E-state index contributed by atoms with van der Waals surface area (Å²) in [6.07, 6.45) is 77.8. The Balaban J connectivity index is 2.33. The van der Waals surface area contributed by atoms with Crippen molar-refractivity contribution >= 4 is 5.97 Å². The molecule has 0 aliphatic heterocycles. The minimum atomic E-state index is -0.0766. The summed E-state index contributed by atoms with van der Waals surface area (Å²) in [7, 11) is 4.40. The molecule has 8 nitrogen and oxygen atoms in total. The zero-order valence-corrected chi connectivity index (χ0v) is 53.5. The fraction of sp³-hybridized carbons (Fsp3) is 0.819. The molecule has 1 rings (SSSR count). The molecule has 3 unspecified atom stereocenters. The third kappa shape index (κ3) is 54.9. The highest BCUT2D eigenvalue weighted by molar-refractivity contribution is 5.69. The highest BCUT2D eigenvalue weighted by Gasteiger charge is 2.32. The second-order valence-electron chi connectivity index (χ2n) is 24.1. The van der Waals surface area contributed by atoms with Crippen molar-refractivity contribution < 1.29 is 37.7 Å². The maximum atomic E-state index is 13.2. The van der Waals surface area contributed by atoms with Gasteiger partial charge in [-0.05, 0) is 153 Å². The van der Waals surface area contributed by atoms with Gasteiger partial charge in [-0.1, -0.05) is 209 Å². The third-order valence-corrected chi connectivity index (χ3v) is 15.7. The molecule has 0 saturated heterocycles. The lowest BCUT2D eigenvalue weighted by Gasteiger charge is -2.36. The average Bonchev–Trinajstić information content (AvgIpc) is 3.45. The van der Waals surface area contributed by atoms with Gasteiger partial charge in [0, 0.05) is 26.2 Å². The lowest BCUT2D eigenvalue weighted by Crippen LogP contribution is -2.42. The molecular weight excluding hydrogens is 991 g/mol. The highest BCUT2D eigenvalue weighted by Crippen LogP contribution is 2.35. The zero-order valence-electron chi connectivity index (χ0n) is 53.5. The fourth-order valence-electron chi connectivity index (χ4n) is 10.6. The van der Waals surface area contributed by atoms with E-state index in [4.69, 9.17) is 28.4 Å². The molecule has 466 valence electrons. The number of hydrogen-bond acceptors (Lipinski definition) is 7. The number of rotatable bonds is 61. The summed E-state index contributed by atoms with van der Waals surface area (Å²) >= 11 is 0. The van der Waals surface area contributed by atoms with Crippen molar-refractivity contribution in [3.05, 3.63) is 72.9 Å². The number of esters is 1. The van der Waals surface area contributed by atoms with Crippen LogP contribution in [0.25, 0.3) is 0 Å². The van der Waals surface area contributed by atoms with Gasteiger partial charge < -0.3 is 32.9 Å². The Morgan fingerprint density at radius 2 is 0.775 bits per heavy atom. The normalized spacial score (nSPS) is 16.4. The Kier molecular flexibility index (Phi) is 57.9. The molecule has 0 amide bonds. The summed E-state index contributed by atoms with van der Waals surface area (Å²) in [4.78, 5) is 13.2. The predicted octanol–water partition coefficient (Wildman–Crippen LogP) is 21.0. The molecule has 0 aromatic carbocycles. The van der Waals surface area contributed by atoms with E-state index in [2.05, 4.69) is 108 Å². The molecule has 0 N–H and O–H groups in total. The van der Waals surface area contributed by atoms with Gasteiger partial charge in [0.05, 0.1) is 40.3 Å². The highest BCUT2D eigenvalue weighted by atomic mass is 16.7. The van der Waals surface area contributed by atoms with Crippen molar-refractivity contribution in [1.82, 2.24) is 0 Å². The molecule has 0 spiro atoms. The van der Waals surface area contributed by atoms with E-state index in [9.17, 15) is 4.79 Å². The van der Waals surface area contributed by atoms with Gasteiger partial charge >= 0.3 is 5.97 Å². The maximum Gasteiger partial charge on any atom is 0.306 e. The van der Waals surface area contributed by atoms with E-state index in [-0.39, 0.29) is 12.1 Å². The first kappa shape index (κ1) is 75.7. The van der Waals surface area contributed by atoms with E-state index in [0.29, 0.717) is 51.8 Å². The third-order valence-electron chi connectivity index (χ3n) is 15.7. The van der Waals surface area contributed by atoms with Crippen LogP contribution in [0.1, 0.15) is 290 Å². The second kappa shape index (κ2) is 61.2. The lowest BCUT2D eigenvalue weighted by molar-refractivity contribution is -0.909. The molecule has 8 heteroatoms. The smallest absolute Gasteiger partial charge is 0.306 e. The number of hydrogen-bond donors (Lipinski definition) is 0. The molecule has 1 fully saturated rings. The second-order valence-corrected chi connectivity index (χ2v) is 24.1. The molecule has 3 atom stereocenters. The van der Waals surface area contributed by atoms with Gasteiger partial charge in [-0.2, -0.15) is 0 Å². The fourth-order valence-corrected chi connectivity index (χ4v) is 10.6. The van der Waals surface area contributed by atoms with Crippen molar-refractivity contribution in [2.24, 2.45) is 11.8 Å². The summed E-state index contributed by atoms with van der Waals surface area (Å²) in [5.41, 5.74) is 0. The van der Waals surface area contributed by atoms with Gasteiger partial charge in [0.15, 0.2) is 6.73 Å². The van der Waals surface area contributed by atoms with Gasteiger partial charge in [-0.3, -0.25) is 4.79 Å². The van der Waals surface area contributed by atoms with Crippen LogP contribution in [0.2, 0.25) is 0 Å². The zero-order chi connectivity index (χ0) is 57.6. The molecule has 0 aromatic heterocycles. The van der Waals surface area contributed by atoms with Crippen molar-refractivity contribution in [3.63, 3.8) is 0 Å². The largest absolute Gasteiger partial charge is 0.462 e. The molecule has 0 radical (unpaired) electrons. The van der Waals surface area contributed by atoms with E-state index in [1.165, 1.54) is 193 Å². The summed E-state index contributed by atoms with van der Waals surface area (Å²) < 4.78 is 37.0. The van der Waals surface area contributed by atoms with Crippen LogP contribution in [0.5, 0.6) is 0 Å². The average molecular weight is 1120 g/mol. The molecule has 0 heterocycles. The topological polar surface area (TPSA) is 72.5 Å². The van der Waals surface area contributed by atoms with E-state index in [1.807, 2.05) is 0 Å². The van der Waals surface area contributed by atoms with Gasteiger partial charge in [0.2, 0.25) is 0 Å². The minimum Gasteiger partial charge on any atom is -0.462 e. The van der Waals surface area contributed by atoms with Gasteiger partial charge in [-0.15, -0.1) is 0 Å². The van der Waals surface area contributed by atoms with E-state index in [0.717, 1.165) is 101 Å². The summed E-state index contributed by atoms with van der Waals surface area (Å²) in [6, 6.07) is 0. The SMILES string of the molecule is CCCCCC=CCC=CCCCCCCCCOCOCCC1CCC(OC(=O)CCC[N+](C)(C)COCCCCCCCCC=CCC=CCCCCC)CC1COCOCCCCCCCCC=CCC=CCCCCC. The van der Waals surface area contributed by atoms with Crippen LogP contribution in [-0.2, 0) is 33.2 Å². The van der Waals surface area contributed by atoms with E-state index < -0.39 is 0 Å². The van der Waals surface area contributed by atoms with Gasteiger partial charge in [0.1, 0.15) is 19.7 Å². The molecule has 1 saturated carbocycles. The minimum absolute atomic E-state index is 0.0648. The van der Waals surface area contributed by atoms with Crippen LogP contribution in [0.4, 0.5) is 0 Å². The Labute approximate surface area is 496 Å². The van der Waals surface area contributed by atoms with E-state index >= 15 is 0 Å². The molecule has 1 aliphatic rings. The van der Waals surface area contributed by atoms with Crippen molar-refractivity contribution in [2.45, 2.75) is 297 Å². The van der Waals surface area contributed by atoms with Crippen LogP contribution >= 0.6 is 0 Å². The van der Waals surface area contributed by atoms with Gasteiger partial charge in [-0.25, -0.2) is 0 Å². The number of unbranched alkanes of at least 4 members (excludes halogenated alkanes) is 27. The Bertz CT molecular complexity index is 1470. The number of nitrogens with zero attached hydrogens (tertiary/aromatic N) is 1. The molecule has 0 aromatic rings. The van der Waals surface area contributed by atoms with Crippen molar-refractivity contribution in [2.75, 3.05) is 74.0 Å². The number of carbonyl (C=O) groups excluding carboxylic acids is 1. The Hall–Kier alpha value is -2.33. The molecule has 1 aliphatic carbocycles. The summed E-state index contributed by atoms with van der Waals surface area (Å²) in [6.45, 7) is 12.6. The Morgan fingerprint density at radius 1 is 0.400 bits per heavy atom. The summed E-state index contributed by atoms with van der Waals surface area (Å²) in [5, 5.41) is 0. The first-order valence-electron chi connectivity index (χ1n) is 34.2. The summed E-state index contributed by atoms with van der Waals surface area (Å²) in [5.74, 6) is 0.679. The van der Waals surface area contributed by atoms with E-state index in [1.54, 1.807) is 0 Å². The molecular formula is C72H132NO7+. The van der Waals surface area contributed by atoms with Crippen LogP contribution in [0.15, 0.2) is 72.9 Å². The quantitative estimate of drug-likeness (QED) is 0.0198. The van der Waals surface area contributed by atoms with Crippen LogP contribution < -0.4 is 0 Å². The standard InChI is InChI=1S/C72H132NO7/c1-6-9-12-15-18-21-24-27-30-33-36-39-42-45-48-51-60-75-66-73(4,5)59-54-55-72(74)80-71-57-56-69(58-63-78-67-76-61-52-49-46-43-40-37-34-31-28-25-22-19-16-13-10-7-2)70(64-71)65-79-68-77-62-53-50-47-44-41-38-35-32-29-26-23-20-17-14-11-8-3/h18-23,27-32,69-71H,6-17,24-26,33-68H2,1-5H3/q+1. The van der Waals surface area contributed by atoms with Crippen LogP contribution in [0, 0.1) is 11.8 Å². The van der Waals surface area contributed by atoms with Crippen molar-refractivity contribution in [3.8, 4) is 0 Å². The monoisotopic (exact) mass is 1120 g/mol. The molecule has 80 heavy (non-hydrogen) atoms. The molecule has 0 bridgehead atoms. The Morgan fingerprint density at radius 3 is 1.21 bits per heavy atom. The van der Waals surface area contributed by atoms with Gasteiger partial charge in [0.25, 0.3) is 0 Å². The first-order valence-corrected chi connectivity index (χ1v) is 34.2. The predicted molar refractivity (Wildman–Crippen MR) is 344 cm³/mol. The first-order chi connectivity index (χ1) is 39.4. The number of quaternary nitrogens is 1. The van der Waals surface area contributed by atoms with Crippen LogP contribution in [-0.4, -0.2) is 90.5 Å². The van der Waals surface area contributed by atoms with Crippen LogP contribution in [0.3, 0.4) is 0 Å². The maximum absolute atomic E-state index is 13.2. The number of allylic oxidation sites excluding steroid dienone is 12. The number of carbonyl (C=O) groups is 1. The number of ether oxygens (including phenoxy) is 6.